The standard InChI is InChI=1S/C19H16F2N2O2/c1-12(14-8-9-15(20)16(21)10-14)23(2)19(24)17-11-18(25-22-17)13-6-4-3-5-7-13/h3-12H,1-2H3. The Labute approximate surface area is 143 Å². The minimum absolute atomic E-state index is 0.149. The van der Waals surface area contributed by atoms with Gasteiger partial charge in [-0.3, -0.25) is 4.79 Å². The zero-order valence-corrected chi connectivity index (χ0v) is 13.7. The van der Waals surface area contributed by atoms with Gasteiger partial charge in [-0.05, 0) is 24.6 Å². The lowest BCUT2D eigenvalue weighted by molar-refractivity contribution is 0.0732. The summed E-state index contributed by atoms with van der Waals surface area (Å²) >= 11 is 0. The van der Waals surface area contributed by atoms with Crippen LogP contribution in [0.5, 0.6) is 0 Å². The van der Waals surface area contributed by atoms with Crippen molar-refractivity contribution in [2.24, 2.45) is 0 Å². The zero-order valence-electron chi connectivity index (χ0n) is 13.7. The summed E-state index contributed by atoms with van der Waals surface area (Å²) in [6, 6.07) is 14.0. The molecule has 0 aliphatic carbocycles. The number of aromatic nitrogens is 1. The first kappa shape index (κ1) is 16.8. The lowest BCUT2D eigenvalue weighted by Crippen LogP contribution is -2.30. The minimum atomic E-state index is -0.946. The van der Waals surface area contributed by atoms with Gasteiger partial charge in [-0.1, -0.05) is 41.6 Å². The van der Waals surface area contributed by atoms with Gasteiger partial charge in [0.15, 0.2) is 23.1 Å². The van der Waals surface area contributed by atoms with E-state index in [2.05, 4.69) is 5.16 Å². The van der Waals surface area contributed by atoms with E-state index < -0.39 is 17.7 Å². The smallest absolute Gasteiger partial charge is 0.276 e. The molecule has 25 heavy (non-hydrogen) atoms. The molecule has 6 heteroatoms. The second-order valence-electron chi connectivity index (χ2n) is 5.71. The van der Waals surface area contributed by atoms with Crippen molar-refractivity contribution in [2.75, 3.05) is 7.05 Å². The molecule has 1 aromatic heterocycles. The highest BCUT2D eigenvalue weighted by molar-refractivity contribution is 5.93. The van der Waals surface area contributed by atoms with E-state index in [1.165, 1.54) is 11.0 Å². The molecular weight excluding hydrogens is 326 g/mol. The van der Waals surface area contributed by atoms with Gasteiger partial charge in [0, 0.05) is 18.7 Å². The monoisotopic (exact) mass is 342 g/mol. The third kappa shape index (κ3) is 3.42. The Balaban J connectivity index is 1.80. The fourth-order valence-electron chi connectivity index (χ4n) is 2.47. The van der Waals surface area contributed by atoms with Crippen LogP contribution >= 0.6 is 0 Å². The number of carbonyl (C=O) groups excluding carboxylic acids is 1. The number of rotatable bonds is 4. The second kappa shape index (κ2) is 6.84. The molecule has 0 bridgehead atoms. The van der Waals surface area contributed by atoms with E-state index in [9.17, 15) is 13.6 Å². The maximum Gasteiger partial charge on any atom is 0.276 e. The molecule has 1 atom stereocenters. The van der Waals surface area contributed by atoms with Gasteiger partial charge >= 0.3 is 0 Å². The number of benzene rings is 2. The quantitative estimate of drug-likeness (QED) is 0.703. The van der Waals surface area contributed by atoms with E-state index >= 15 is 0 Å². The molecule has 128 valence electrons. The predicted octanol–water partition coefficient (Wildman–Crippen LogP) is 4.45. The summed E-state index contributed by atoms with van der Waals surface area (Å²) in [6.07, 6.45) is 0. The summed E-state index contributed by atoms with van der Waals surface area (Å²) in [6.45, 7) is 1.72. The average Bonchev–Trinajstić information content (AvgIpc) is 3.13. The summed E-state index contributed by atoms with van der Waals surface area (Å²) in [5.74, 6) is -1.76. The van der Waals surface area contributed by atoms with E-state index in [1.54, 1.807) is 20.0 Å². The van der Waals surface area contributed by atoms with E-state index in [0.717, 1.165) is 17.7 Å². The van der Waals surface area contributed by atoms with Crippen molar-refractivity contribution in [3.8, 4) is 11.3 Å². The van der Waals surface area contributed by atoms with Gasteiger partial charge in [0.05, 0.1) is 6.04 Å². The highest BCUT2D eigenvalue weighted by Crippen LogP contribution is 2.24. The Bertz CT molecular complexity index is 893. The van der Waals surface area contributed by atoms with Gasteiger partial charge in [-0.15, -0.1) is 0 Å². The molecule has 0 saturated carbocycles. The van der Waals surface area contributed by atoms with E-state index in [1.807, 2.05) is 30.3 Å². The highest BCUT2D eigenvalue weighted by atomic mass is 19.2. The van der Waals surface area contributed by atoms with Crippen LogP contribution in [0.15, 0.2) is 59.1 Å². The van der Waals surface area contributed by atoms with Gasteiger partial charge < -0.3 is 9.42 Å². The maximum absolute atomic E-state index is 13.4. The first-order valence-corrected chi connectivity index (χ1v) is 7.71. The molecule has 0 N–H and O–H groups in total. The molecule has 0 radical (unpaired) electrons. The fourth-order valence-corrected chi connectivity index (χ4v) is 2.47. The molecule has 4 nitrogen and oxygen atoms in total. The Morgan fingerprint density at radius 1 is 1.08 bits per heavy atom. The molecule has 0 spiro atoms. The van der Waals surface area contributed by atoms with Gasteiger partial charge in [-0.2, -0.15) is 0 Å². The fraction of sp³-hybridized carbons (Fsp3) is 0.158. The number of nitrogens with zero attached hydrogens (tertiary/aromatic N) is 2. The van der Waals surface area contributed by atoms with Crippen molar-refractivity contribution < 1.29 is 18.1 Å². The number of amides is 1. The number of hydrogen-bond donors (Lipinski definition) is 0. The molecule has 0 fully saturated rings. The first-order chi connectivity index (χ1) is 12.0. The van der Waals surface area contributed by atoms with Gasteiger partial charge in [0.2, 0.25) is 0 Å². The Hall–Kier alpha value is -3.02. The number of halogens is 2. The van der Waals surface area contributed by atoms with Crippen molar-refractivity contribution in [3.05, 3.63) is 77.5 Å². The molecule has 1 amide bonds. The lowest BCUT2D eigenvalue weighted by atomic mass is 10.1. The van der Waals surface area contributed by atoms with Crippen molar-refractivity contribution in [2.45, 2.75) is 13.0 Å². The molecule has 1 heterocycles. The van der Waals surface area contributed by atoms with E-state index in [0.29, 0.717) is 11.3 Å². The molecule has 3 rings (SSSR count). The normalized spacial score (nSPS) is 12.0. The minimum Gasteiger partial charge on any atom is -0.355 e. The first-order valence-electron chi connectivity index (χ1n) is 7.71. The van der Waals surface area contributed by atoms with Crippen LogP contribution in [0.1, 0.15) is 29.0 Å². The van der Waals surface area contributed by atoms with Crippen molar-refractivity contribution in [1.29, 1.82) is 0 Å². The van der Waals surface area contributed by atoms with Crippen molar-refractivity contribution in [3.63, 3.8) is 0 Å². The molecule has 0 saturated heterocycles. The topological polar surface area (TPSA) is 46.3 Å². The maximum atomic E-state index is 13.4. The van der Waals surface area contributed by atoms with Gasteiger partial charge in [0.1, 0.15) is 0 Å². The lowest BCUT2D eigenvalue weighted by Gasteiger charge is -2.24. The van der Waals surface area contributed by atoms with Crippen LogP contribution < -0.4 is 0 Å². The second-order valence-corrected chi connectivity index (χ2v) is 5.71. The van der Waals surface area contributed by atoms with Gasteiger partial charge in [0.25, 0.3) is 5.91 Å². The Morgan fingerprint density at radius 3 is 2.48 bits per heavy atom. The van der Waals surface area contributed by atoms with Crippen LogP contribution in [0, 0.1) is 11.6 Å². The number of carbonyl (C=O) groups is 1. The molecule has 1 unspecified atom stereocenters. The Morgan fingerprint density at radius 2 is 1.80 bits per heavy atom. The highest BCUT2D eigenvalue weighted by Gasteiger charge is 2.23. The van der Waals surface area contributed by atoms with E-state index in [-0.39, 0.29) is 11.6 Å². The summed E-state index contributed by atoms with van der Waals surface area (Å²) in [5, 5.41) is 3.82. The molecule has 0 aliphatic heterocycles. The van der Waals surface area contributed by atoms with Crippen molar-refractivity contribution >= 4 is 5.91 Å². The van der Waals surface area contributed by atoms with Crippen LogP contribution in [0.25, 0.3) is 11.3 Å². The molecular formula is C19H16F2N2O2. The largest absolute Gasteiger partial charge is 0.355 e. The van der Waals surface area contributed by atoms with Crippen LogP contribution in [-0.4, -0.2) is 23.0 Å². The van der Waals surface area contributed by atoms with Gasteiger partial charge in [-0.25, -0.2) is 8.78 Å². The summed E-state index contributed by atoms with van der Waals surface area (Å²) in [7, 11) is 1.57. The summed E-state index contributed by atoms with van der Waals surface area (Å²) in [5.41, 5.74) is 1.45. The summed E-state index contributed by atoms with van der Waals surface area (Å²) < 4.78 is 31.7. The van der Waals surface area contributed by atoms with E-state index in [4.69, 9.17) is 4.52 Å². The van der Waals surface area contributed by atoms with Crippen LogP contribution in [0.3, 0.4) is 0 Å². The summed E-state index contributed by atoms with van der Waals surface area (Å²) in [4.78, 5) is 14.0. The van der Waals surface area contributed by atoms with Crippen molar-refractivity contribution in [1.82, 2.24) is 10.1 Å². The molecule has 3 aromatic rings. The predicted molar refractivity (Wildman–Crippen MR) is 88.8 cm³/mol. The molecule has 2 aromatic carbocycles. The number of hydrogen-bond acceptors (Lipinski definition) is 3. The molecule has 0 aliphatic rings. The van der Waals surface area contributed by atoms with Crippen LogP contribution in [0.4, 0.5) is 8.78 Å². The third-order valence-corrected chi connectivity index (χ3v) is 4.11. The van der Waals surface area contributed by atoms with Crippen LogP contribution in [0.2, 0.25) is 0 Å². The average molecular weight is 342 g/mol. The SMILES string of the molecule is CC(c1ccc(F)c(F)c1)N(C)C(=O)c1cc(-c2ccccc2)on1. The third-order valence-electron chi connectivity index (χ3n) is 4.11. The Kier molecular flexibility index (Phi) is 4.61. The van der Waals surface area contributed by atoms with Crippen LogP contribution in [-0.2, 0) is 0 Å². The zero-order chi connectivity index (χ0) is 18.0.